The lowest BCUT2D eigenvalue weighted by atomic mass is 10.1. The lowest BCUT2D eigenvalue weighted by molar-refractivity contribution is 0.153. The Bertz CT molecular complexity index is 429. The van der Waals surface area contributed by atoms with E-state index in [1.165, 1.54) is 12.3 Å². The molecule has 4 heteroatoms. The predicted molar refractivity (Wildman–Crippen MR) is 57.3 cm³/mol. The molecular formula is C12H13F2NO. The van der Waals surface area contributed by atoms with Crippen molar-refractivity contribution in [1.82, 2.24) is 4.90 Å². The van der Waals surface area contributed by atoms with E-state index in [4.69, 9.17) is 4.74 Å². The van der Waals surface area contributed by atoms with Crippen molar-refractivity contribution in [2.45, 2.75) is 19.9 Å². The summed E-state index contributed by atoms with van der Waals surface area (Å²) in [5, 5.41) is 0. The molecule has 16 heavy (non-hydrogen) atoms. The molecule has 0 aromatic heterocycles. The van der Waals surface area contributed by atoms with E-state index in [2.05, 4.69) is 0 Å². The van der Waals surface area contributed by atoms with Gasteiger partial charge in [0.05, 0.1) is 5.70 Å². The fourth-order valence-electron chi connectivity index (χ4n) is 1.67. The Hall–Kier alpha value is -1.58. The van der Waals surface area contributed by atoms with E-state index in [1.54, 1.807) is 0 Å². The highest BCUT2D eigenvalue weighted by molar-refractivity contribution is 5.65. The van der Waals surface area contributed by atoms with E-state index in [0.717, 1.165) is 12.1 Å². The standard InChI is InChI=1S/C12H13F2NO/c1-8(2)15-7-16-6-12(15)10-5-9(13)3-4-11(10)14/h3-6,8H,7H2,1-2H3. The summed E-state index contributed by atoms with van der Waals surface area (Å²) >= 11 is 0. The molecule has 1 aromatic carbocycles. The molecule has 0 radical (unpaired) electrons. The molecule has 0 amide bonds. The van der Waals surface area contributed by atoms with E-state index < -0.39 is 11.6 Å². The van der Waals surface area contributed by atoms with E-state index in [9.17, 15) is 8.78 Å². The molecule has 0 spiro atoms. The number of rotatable bonds is 2. The van der Waals surface area contributed by atoms with Crippen LogP contribution in [0.1, 0.15) is 19.4 Å². The quantitative estimate of drug-likeness (QED) is 0.767. The Morgan fingerprint density at radius 3 is 2.75 bits per heavy atom. The SMILES string of the molecule is CC(C)N1COC=C1c1cc(F)ccc1F. The molecule has 0 saturated heterocycles. The molecule has 86 valence electrons. The average Bonchev–Trinajstić information content (AvgIpc) is 2.70. The first-order valence-electron chi connectivity index (χ1n) is 5.13. The summed E-state index contributed by atoms with van der Waals surface area (Å²) in [7, 11) is 0. The van der Waals surface area contributed by atoms with Gasteiger partial charge in [-0.1, -0.05) is 0 Å². The van der Waals surface area contributed by atoms with E-state index >= 15 is 0 Å². The molecule has 1 heterocycles. The van der Waals surface area contributed by atoms with Gasteiger partial charge in [-0.2, -0.15) is 0 Å². The number of nitrogens with zero attached hydrogens (tertiary/aromatic N) is 1. The third-order valence-corrected chi connectivity index (χ3v) is 2.55. The summed E-state index contributed by atoms with van der Waals surface area (Å²) in [6.45, 7) is 4.32. The zero-order valence-corrected chi connectivity index (χ0v) is 9.21. The Kier molecular flexibility index (Phi) is 2.81. The first-order chi connectivity index (χ1) is 7.59. The van der Waals surface area contributed by atoms with Crippen LogP contribution in [0.2, 0.25) is 0 Å². The molecular weight excluding hydrogens is 212 g/mol. The fourth-order valence-corrected chi connectivity index (χ4v) is 1.67. The predicted octanol–water partition coefficient (Wildman–Crippen LogP) is 2.96. The number of benzene rings is 1. The van der Waals surface area contributed by atoms with Crippen LogP contribution in [0.15, 0.2) is 24.5 Å². The summed E-state index contributed by atoms with van der Waals surface area (Å²) in [5.41, 5.74) is 0.832. The van der Waals surface area contributed by atoms with Gasteiger partial charge < -0.3 is 9.64 Å². The topological polar surface area (TPSA) is 12.5 Å². The molecule has 0 N–H and O–H groups in total. The van der Waals surface area contributed by atoms with Gasteiger partial charge in [-0.25, -0.2) is 8.78 Å². The van der Waals surface area contributed by atoms with Crippen LogP contribution in [0.4, 0.5) is 8.78 Å². The summed E-state index contributed by atoms with van der Waals surface area (Å²) in [5.74, 6) is -0.892. The van der Waals surface area contributed by atoms with Gasteiger partial charge in [0.1, 0.15) is 17.9 Å². The van der Waals surface area contributed by atoms with Gasteiger partial charge >= 0.3 is 0 Å². The summed E-state index contributed by atoms with van der Waals surface area (Å²) in [6.07, 6.45) is 1.47. The molecule has 2 nitrogen and oxygen atoms in total. The third-order valence-electron chi connectivity index (χ3n) is 2.55. The Morgan fingerprint density at radius 1 is 1.31 bits per heavy atom. The number of hydrogen-bond acceptors (Lipinski definition) is 2. The molecule has 0 bridgehead atoms. The Labute approximate surface area is 93.1 Å². The van der Waals surface area contributed by atoms with Crippen LogP contribution < -0.4 is 0 Å². The van der Waals surface area contributed by atoms with Crippen LogP contribution in [0.5, 0.6) is 0 Å². The van der Waals surface area contributed by atoms with Crippen LogP contribution >= 0.6 is 0 Å². The number of hydrogen-bond donors (Lipinski definition) is 0. The smallest absolute Gasteiger partial charge is 0.161 e. The second-order valence-corrected chi connectivity index (χ2v) is 3.99. The van der Waals surface area contributed by atoms with Gasteiger partial charge in [0.2, 0.25) is 0 Å². The van der Waals surface area contributed by atoms with Crippen LogP contribution in [-0.2, 0) is 4.74 Å². The van der Waals surface area contributed by atoms with Crippen molar-refractivity contribution in [3.05, 3.63) is 41.7 Å². The van der Waals surface area contributed by atoms with Crippen molar-refractivity contribution in [2.75, 3.05) is 6.73 Å². The van der Waals surface area contributed by atoms with Crippen molar-refractivity contribution in [3.8, 4) is 0 Å². The zero-order chi connectivity index (χ0) is 11.7. The van der Waals surface area contributed by atoms with Crippen molar-refractivity contribution < 1.29 is 13.5 Å². The minimum Gasteiger partial charge on any atom is -0.479 e. The van der Waals surface area contributed by atoms with Crippen molar-refractivity contribution in [1.29, 1.82) is 0 Å². The second kappa shape index (κ2) is 4.12. The maximum absolute atomic E-state index is 13.6. The van der Waals surface area contributed by atoms with Gasteiger partial charge in [0.15, 0.2) is 6.73 Å². The first kappa shape index (κ1) is 10.9. The summed E-state index contributed by atoms with van der Waals surface area (Å²) in [6, 6.07) is 3.60. The first-order valence-corrected chi connectivity index (χ1v) is 5.13. The monoisotopic (exact) mass is 225 g/mol. The molecule has 1 aliphatic heterocycles. The van der Waals surface area contributed by atoms with Crippen LogP contribution in [0.3, 0.4) is 0 Å². The zero-order valence-electron chi connectivity index (χ0n) is 9.21. The summed E-state index contributed by atoms with van der Waals surface area (Å²) < 4.78 is 31.8. The molecule has 0 fully saturated rings. The van der Waals surface area contributed by atoms with Gasteiger partial charge in [-0.15, -0.1) is 0 Å². The number of ether oxygens (including phenoxy) is 1. The maximum atomic E-state index is 13.6. The number of halogens is 2. The van der Waals surface area contributed by atoms with Gasteiger partial charge in [-0.05, 0) is 32.0 Å². The Balaban J connectivity index is 2.40. The molecule has 1 aliphatic rings. The lowest BCUT2D eigenvalue weighted by Gasteiger charge is -2.24. The average molecular weight is 225 g/mol. The van der Waals surface area contributed by atoms with Gasteiger partial charge in [-0.3, -0.25) is 0 Å². The van der Waals surface area contributed by atoms with Crippen molar-refractivity contribution in [3.63, 3.8) is 0 Å². The van der Waals surface area contributed by atoms with Crippen LogP contribution in [0, 0.1) is 11.6 Å². The van der Waals surface area contributed by atoms with Crippen molar-refractivity contribution >= 4 is 5.70 Å². The Morgan fingerprint density at radius 2 is 2.06 bits per heavy atom. The minimum atomic E-state index is -0.451. The molecule has 0 unspecified atom stereocenters. The lowest BCUT2D eigenvalue weighted by Crippen LogP contribution is -2.27. The molecule has 0 atom stereocenters. The largest absolute Gasteiger partial charge is 0.479 e. The van der Waals surface area contributed by atoms with Crippen LogP contribution in [-0.4, -0.2) is 17.7 Å². The fraction of sp³-hybridized carbons (Fsp3) is 0.333. The second-order valence-electron chi connectivity index (χ2n) is 3.99. The maximum Gasteiger partial charge on any atom is 0.161 e. The van der Waals surface area contributed by atoms with E-state index in [-0.39, 0.29) is 11.6 Å². The van der Waals surface area contributed by atoms with E-state index in [1.807, 2.05) is 18.7 Å². The highest BCUT2D eigenvalue weighted by Crippen LogP contribution is 2.28. The normalized spacial score (nSPS) is 15.3. The molecule has 2 rings (SSSR count). The van der Waals surface area contributed by atoms with E-state index in [0.29, 0.717) is 12.4 Å². The van der Waals surface area contributed by atoms with Gasteiger partial charge in [0, 0.05) is 11.6 Å². The minimum absolute atomic E-state index is 0.177. The molecule has 1 aromatic rings. The van der Waals surface area contributed by atoms with Gasteiger partial charge in [0.25, 0.3) is 0 Å². The molecule has 0 aliphatic carbocycles. The van der Waals surface area contributed by atoms with Crippen molar-refractivity contribution in [2.24, 2.45) is 0 Å². The van der Waals surface area contributed by atoms with Crippen LogP contribution in [0.25, 0.3) is 5.70 Å². The highest BCUT2D eigenvalue weighted by atomic mass is 19.1. The summed E-state index contributed by atoms with van der Waals surface area (Å²) in [4.78, 5) is 1.87. The highest BCUT2D eigenvalue weighted by Gasteiger charge is 2.23. The molecule has 0 saturated carbocycles. The third kappa shape index (κ3) is 1.87.